The van der Waals surface area contributed by atoms with Crippen molar-refractivity contribution in [3.63, 3.8) is 0 Å². The van der Waals surface area contributed by atoms with Crippen LogP contribution in [0.5, 0.6) is 0 Å². The van der Waals surface area contributed by atoms with Crippen LogP contribution in [0.3, 0.4) is 0 Å². The summed E-state index contributed by atoms with van der Waals surface area (Å²) in [5.74, 6) is -0.931. The van der Waals surface area contributed by atoms with Crippen LogP contribution >= 0.6 is 0 Å². The molecule has 0 spiro atoms. The molecule has 1 unspecified atom stereocenters. The number of nitrogens with zero attached hydrogens (tertiary/aromatic N) is 3. The lowest BCUT2D eigenvalue weighted by Crippen LogP contribution is -2.35. The molecule has 1 aromatic carbocycles. The first-order valence-electron chi connectivity index (χ1n) is 9.26. The Morgan fingerprint density at radius 2 is 1.93 bits per heavy atom. The van der Waals surface area contributed by atoms with E-state index in [1.807, 2.05) is 12.1 Å². The number of aromatic nitrogens is 3. The van der Waals surface area contributed by atoms with Gasteiger partial charge in [0.25, 0.3) is 5.56 Å². The Labute approximate surface area is 161 Å². The van der Waals surface area contributed by atoms with E-state index in [1.54, 1.807) is 18.5 Å². The summed E-state index contributed by atoms with van der Waals surface area (Å²) in [4.78, 5) is 25.9. The first-order valence-corrected chi connectivity index (χ1v) is 9.26. The van der Waals surface area contributed by atoms with Crippen LogP contribution < -0.4 is 5.56 Å². The van der Waals surface area contributed by atoms with Gasteiger partial charge in [0.1, 0.15) is 5.82 Å². The van der Waals surface area contributed by atoms with Gasteiger partial charge in [-0.2, -0.15) is 0 Å². The van der Waals surface area contributed by atoms with Crippen LogP contribution in [0.4, 0.5) is 8.78 Å². The maximum atomic E-state index is 13.5. The third kappa shape index (κ3) is 4.14. The average Bonchev–Trinajstić information content (AvgIpc) is 2.71. The van der Waals surface area contributed by atoms with Gasteiger partial charge < -0.3 is 4.98 Å². The van der Waals surface area contributed by atoms with E-state index in [0.29, 0.717) is 24.6 Å². The fourth-order valence-electron chi connectivity index (χ4n) is 3.66. The monoisotopic (exact) mass is 382 g/mol. The van der Waals surface area contributed by atoms with E-state index in [0.717, 1.165) is 36.6 Å². The molecule has 144 valence electrons. The van der Waals surface area contributed by atoms with E-state index < -0.39 is 11.6 Å². The van der Waals surface area contributed by atoms with E-state index >= 15 is 0 Å². The highest BCUT2D eigenvalue weighted by atomic mass is 19.2. The van der Waals surface area contributed by atoms with Crippen molar-refractivity contribution < 1.29 is 8.78 Å². The SMILES string of the molecule is O=c1cc(-c2ccncc2)nc(C2CCCN(Cc3ccc(F)c(F)c3)C2)[nH]1. The van der Waals surface area contributed by atoms with Crippen molar-refractivity contribution in [2.75, 3.05) is 13.1 Å². The lowest BCUT2D eigenvalue weighted by molar-refractivity contribution is 0.196. The summed E-state index contributed by atoms with van der Waals surface area (Å²) in [7, 11) is 0. The van der Waals surface area contributed by atoms with Gasteiger partial charge in [-0.3, -0.25) is 14.7 Å². The summed E-state index contributed by atoms with van der Waals surface area (Å²) in [6, 6.07) is 9.13. The first-order chi connectivity index (χ1) is 13.6. The number of rotatable bonds is 4. The molecule has 5 nitrogen and oxygen atoms in total. The average molecular weight is 382 g/mol. The molecule has 1 atom stereocenters. The van der Waals surface area contributed by atoms with Crippen molar-refractivity contribution in [3.05, 3.63) is 82.2 Å². The van der Waals surface area contributed by atoms with Gasteiger partial charge in [-0.25, -0.2) is 13.8 Å². The Morgan fingerprint density at radius 1 is 1.11 bits per heavy atom. The van der Waals surface area contributed by atoms with Crippen molar-refractivity contribution in [1.29, 1.82) is 0 Å². The summed E-state index contributed by atoms with van der Waals surface area (Å²) in [6.45, 7) is 2.09. The summed E-state index contributed by atoms with van der Waals surface area (Å²) >= 11 is 0. The molecule has 1 aliphatic heterocycles. The molecule has 0 radical (unpaired) electrons. The standard InChI is InChI=1S/C21H20F2N4O/c22-17-4-3-14(10-18(17)23)12-27-9-1-2-16(13-27)21-25-19(11-20(28)26-21)15-5-7-24-8-6-15/h3-8,10-11,16H,1-2,9,12-13H2,(H,25,26,28). The van der Waals surface area contributed by atoms with Crippen molar-refractivity contribution in [3.8, 4) is 11.3 Å². The Morgan fingerprint density at radius 3 is 2.71 bits per heavy atom. The van der Waals surface area contributed by atoms with Crippen molar-refractivity contribution in [2.45, 2.75) is 25.3 Å². The molecule has 0 amide bonds. The summed E-state index contributed by atoms with van der Waals surface area (Å²) in [5, 5.41) is 0. The maximum Gasteiger partial charge on any atom is 0.251 e. The Hall–Kier alpha value is -2.93. The number of H-pyrrole nitrogens is 1. The van der Waals surface area contributed by atoms with Crippen molar-refractivity contribution in [2.24, 2.45) is 0 Å². The molecule has 3 heterocycles. The van der Waals surface area contributed by atoms with Crippen LogP contribution in [0.15, 0.2) is 53.6 Å². The second-order valence-electron chi connectivity index (χ2n) is 7.07. The summed E-state index contributed by atoms with van der Waals surface area (Å²) in [6.07, 6.45) is 5.19. The van der Waals surface area contributed by atoms with Crippen molar-refractivity contribution in [1.82, 2.24) is 19.9 Å². The molecular weight excluding hydrogens is 362 g/mol. The number of halogens is 2. The number of piperidine rings is 1. The minimum absolute atomic E-state index is 0.0773. The van der Waals surface area contributed by atoms with E-state index in [-0.39, 0.29) is 11.5 Å². The number of pyridine rings is 1. The number of benzene rings is 1. The zero-order valence-electron chi connectivity index (χ0n) is 15.2. The number of nitrogens with one attached hydrogen (secondary N) is 1. The number of aromatic amines is 1. The van der Waals surface area contributed by atoms with Gasteiger partial charge in [0.05, 0.1) is 5.69 Å². The van der Waals surface area contributed by atoms with E-state index in [4.69, 9.17) is 0 Å². The molecule has 1 saturated heterocycles. The zero-order valence-corrected chi connectivity index (χ0v) is 15.2. The largest absolute Gasteiger partial charge is 0.310 e. The highest BCUT2D eigenvalue weighted by Gasteiger charge is 2.24. The molecule has 0 bridgehead atoms. The number of likely N-dealkylation sites (tertiary alicyclic amines) is 1. The quantitative estimate of drug-likeness (QED) is 0.750. The van der Waals surface area contributed by atoms with Gasteiger partial charge in [0, 0.05) is 43.0 Å². The lowest BCUT2D eigenvalue weighted by atomic mass is 9.96. The van der Waals surface area contributed by atoms with E-state index in [1.165, 1.54) is 12.1 Å². The van der Waals surface area contributed by atoms with Crippen LogP contribution in [0.1, 0.15) is 30.1 Å². The van der Waals surface area contributed by atoms with Gasteiger partial charge in [0.2, 0.25) is 0 Å². The normalized spacial score (nSPS) is 17.6. The third-order valence-electron chi connectivity index (χ3n) is 5.02. The van der Waals surface area contributed by atoms with Crippen LogP contribution in [0.25, 0.3) is 11.3 Å². The van der Waals surface area contributed by atoms with Gasteiger partial charge in [-0.1, -0.05) is 6.07 Å². The molecule has 1 aliphatic rings. The Kier molecular flexibility index (Phi) is 5.25. The molecule has 7 heteroatoms. The van der Waals surface area contributed by atoms with Gasteiger partial charge in [-0.15, -0.1) is 0 Å². The second kappa shape index (κ2) is 7.98. The fourth-order valence-corrected chi connectivity index (χ4v) is 3.66. The predicted octanol–water partition coefficient (Wildman–Crippen LogP) is 3.49. The Bertz CT molecular complexity index is 1020. The molecular formula is C21H20F2N4O. The fraction of sp³-hybridized carbons (Fsp3) is 0.286. The smallest absolute Gasteiger partial charge is 0.251 e. The Balaban J connectivity index is 1.53. The summed E-state index contributed by atoms with van der Waals surface area (Å²) < 4.78 is 26.6. The molecule has 1 N–H and O–H groups in total. The second-order valence-corrected chi connectivity index (χ2v) is 7.07. The van der Waals surface area contributed by atoms with Crippen LogP contribution in [0, 0.1) is 11.6 Å². The molecule has 0 aliphatic carbocycles. The van der Waals surface area contributed by atoms with Crippen LogP contribution in [-0.2, 0) is 6.54 Å². The highest BCUT2D eigenvalue weighted by molar-refractivity contribution is 5.57. The first kappa shape index (κ1) is 18.4. The number of hydrogen-bond donors (Lipinski definition) is 1. The highest BCUT2D eigenvalue weighted by Crippen LogP contribution is 2.26. The molecule has 4 rings (SSSR count). The van der Waals surface area contributed by atoms with Crippen LogP contribution in [0.2, 0.25) is 0 Å². The third-order valence-corrected chi connectivity index (χ3v) is 5.02. The molecule has 28 heavy (non-hydrogen) atoms. The minimum Gasteiger partial charge on any atom is -0.310 e. The molecule has 3 aromatic rings. The van der Waals surface area contributed by atoms with Crippen LogP contribution in [-0.4, -0.2) is 32.9 Å². The molecule has 1 fully saturated rings. The lowest BCUT2D eigenvalue weighted by Gasteiger charge is -2.32. The number of hydrogen-bond acceptors (Lipinski definition) is 4. The van der Waals surface area contributed by atoms with E-state index in [9.17, 15) is 13.6 Å². The summed E-state index contributed by atoms with van der Waals surface area (Å²) in [5.41, 5.74) is 2.01. The zero-order chi connectivity index (χ0) is 19.5. The minimum atomic E-state index is -0.838. The van der Waals surface area contributed by atoms with Crippen molar-refractivity contribution >= 4 is 0 Å². The maximum absolute atomic E-state index is 13.5. The molecule has 2 aromatic heterocycles. The topological polar surface area (TPSA) is 61.9 Å². The van der Waals surface area contributed by atoms with E-state index in [2.05, 4.69) is 19.9 Å². The van der Waals surface area contributed by atoms with Gasteiger partial charge in [0.15, 0.2) is 11.6 Å². The molecule has 0 saturated carbocycles. The van der Waals surface area contributed by atoms with Gasteiger partial charge in [-0.05, 0) is 49.2 Å². The predicted molar refractivity (Wildman–Crippen MR) is 102 cm³/mol. The van der Waals surface area contributed by atoms with Gasteiger partial charge >= 0.3 is 0 Å².